The smallest absolute Gasteiger partial charge is 0.338 e. The number of hydrogen-bond acceptors (Lipinski definition) is 2. The number of carbonyl (C=O) groups is 2. The van der Waals surface area contributed by atoms with Crippen LogP contribution in [0.5, 0.6) is 0 Å². The standard InChI is InChI=1S/C15H20N2O3/c1-10-5-3-6-11(12(10)13(18)19)17-14(20)16-9-15(2)7-4-8-15/h3,5-6H,4,7-9H2,1-2H3,(H,18,19)(H2,16,17,20). The maximum absolute atomic E-state index is 11.9. The van der Waals surface area contributed by atoms with E-state index in [4.69, 9.17) is 0 Å². The normalized spacial score (nSPS) is 16.1. The van der Waals surface area contributed by atoms with E-state index in [1.54, 1.807) is 25.1 Å². The molecule has 3 N–H and O–H groups in total. The van der Waals surface area contributed by atoms with Gasteiger partial charge in [-0.25, -0.2) is 9.59 Å². The molecule has 0 spiro atoms. The van der Waals surface area contributed by atoms with Crippen LogP contribution >= 0.6 is 0 Å². The largest absolute Gasteiger partial charge is 0.478 e. The molecule has 0 aliphatic heterocycles. The number of carboxylic acid groups (broad SMARTS) is 1. The van der Waals surface area contributed by atoms with Crippen LogP contribution < -0.4 is 10.6 Å². The van der Waals surface area contributed by atoms with E-state index in [0.29, 0.717) is 17.8 Å². The lowest BCUT2D eigenvalue weighted by Gasteiger charge is -2.38. The summed E-state index contributed by atoms with van der Waals surface area (Å²) < 4.78 is 0. The van der Waals surface area contributed by atoms with Gasteiger partial charge in [0.15, 0.2) is 0 Å². The molecule has 0 radical (unpaired) electrons. The van der Waals surface area contributed by atoms with E-state index < -0.39 is 5.97 Å². The number of nitrogens with one attached hydrogen (secondary N) is 2. The number of hydrogen-bond donors (Lipinski definition) is 3. The number of rotatable bonds is 4. The summed E-state index contributed by atoms with van der Waals surface area (Å²) in [6.07, 6.45) is 3.46. The number of carboxylic acids is 1. The molecular formula is C15H20N2O3. The van der Waals surface area contributed by atoms with Crippen LogP contribution in [0.25, 0.3) is 0 Å². The van der Waals surface area contributed by atoms with Crippen LogP contribution in [0.4, 0.5) is 10.5 Å². The van der Waals surface area contributed by atoms with Crippen molar-refractivity contribution in [3.05, 3.63) is 29.3 Å². The number of aryl methyl sites for hydroxylation is 1. The average Bonchev–Trinajstić information content (AvgIpc) is 2.33. The molecule has 0 aromatic heterocycles. The number of anilines is 1. The number of aromatic carboxylic acids is 1. The van der Waals surface area contributed by atoms with E-state index in [0.717, 1.165) is 12.8 Å². The Hall–Kier alpha value is -2.04. The van der Waals surface area contributed by atoms with Gasteiger partial charge < -0.3 is 15.7 Å². The van der Waals surface area contributed by atoms with Crippen molar-refractivity contribution in [2.45, 2.75) is 33.1 Å². The molecular weight excluding hydrogens is 256 g/mol. The highest BCUT2D eigenvalue weighted by Gasteiger charge is 2.31. The van der Waals surface area contributed by atoms with Gasteiger partial charge in [-0.2, -0.15) is 0 Å². The van der Waals surface area contributed by atoms with Gasteiger partial charge in [-0.3, -0.25) is 0 Å². The second-order valence-electron chi connectivity index (χ2n) is 5.77. The van der Waals surface area contributed by atoms with Gasteiger partial charge in [0.1, 0.15) is 0 Å². The van der Waals surface area contributed by atoms with Gasteiger partial charge in [0, 0.05) is 6.54 Å². The molecule has 1 aliphatic rings. The van der Waals surface area contributed by atoms with Crippen LogP contribution in [0.15, 0.2) is 18.2 Å². The zero-order chi connectivity index (χ0) is 14.8. The van der Waals surface area contributed by atoms with Gasteiger partial charge >= 0.3 is 12.0 Å². The fourth-order valence-electron chi connectivity index (χ4n) is 2.47. The minimum Gasteiger partial charge on any atom is -0.478 e. The quantitative estimate of drug-likeness (QED) is 0.791. The Morgan fingerprint density at radius 3 is 2.60 bits per heavy atom. The van der Waals surface area contributed by atoms with Gasteiger partial charge in [0.2, 0.25) is 0 Å². The Labute approximate surface area is 118 Å². The minimum absolute atomic E-state index is 0.137. The lowest BCUT2D eigenvalue weighted by atomic mass is 9.70. The predicted molar refractivity (Wildman–Crippen MR) is 77.1 cm³/mol. The predicted octanol–water partition coefficient (Wildman–Crippen LogP) is 3.00. The molecule has 2 rings (SSSR count). The van der Waals surface area contributed by atoms with Crippen LogP contribution in [-0.2, 0) is 0 Å². The molecule has 1 aliphatic carbocycles. The van der Waals surface area contributed by atoms with Crippen LogP contribution in [-0.4, -0.2) is 23.7 Å². The maximum atomic E-state index is 11.9. The summed E-state index contributed by atoms with van der Waals surface area (Å²) in [7, 11) is 0. The Balaban J connectivity index is 2.00. The van der Waals surface area contributed by atoms with Gasteiger partial charge in [-0.1, -0.05) is 25.5 Å². The average molecular weight is 276 g/mol. The lowest BCUT2D eigenvalue weighted by Crippen LogP contribution is -2.41. The van der Waals surface area contributed by atoms with Gasteiger partial charge in [-0.15, -0.1) is 0 Å². The second-order valence-corrected chi connectivity index (χ2v) is 5.77. The van der Waals surface area contributed by atoms with E-state index >= 15 is 0 Å². The highest BCUT2D eigenvalue weighted by Crippen LogP contribution is 2.39. The summed E-state index contributed by atoms with van der Waals surface area (Å²) in [5, 5.41) is 14.6. The Morgan fingerprint density at radius 2 is 2.05 bits per heavy atom. The fourth-order valence-corrected chi connectivity index (χ4v) is 2.47. The Morgan fingerprint density at radius 1 is 1.35 bits per heavy atom. The molecule has 5 heteroatoms. The molecule has 1 fully saturated rings. The van der Waals surface area contributed by atoms with E-state index in [-0.39, 0.29) is 17.0 Å². The summed E-state index contributed by atoms with van der Waals surface area (Å²) in [5.41, 5.74) is 1.28. The van der Waals surface area contributed by atoms with Gasteiger partial charge in [0.25, 0.3) is 0 Å². The van der Waals surface area contributed by atoms with Gasteiger partial charge in [0.05, 0.1) is 11.3 Å². The maximum Gasteiger partial charge on any atom is 0.338 e. The van der Waals surface area contributed by atoms with Crippen molar-refractivity contribution >= 4 is 17.7 Å². The van der Waals surface area contributed by atoms with Crippen molar-refractivity contribution in [2.75, 3.05) is 11.9 Å². The highest BCUT2D eigenvalue weighted by atomic mass is 16.4. The Kier molecular flexibility index (Phi) is 3.97. The monoisotopic (exact) mass is 276 g/mol. The third-order valence-electron chi connectivity index (χ3n) is 3.97. The molecule has 108 valence electrons. The molecule has 1 aromatic rings. The third kappa shape index (κ3) is 3.10. The summed E-state index contributed by atoms with van der Waals surface area (Å²) in [6, 6.07) is 4.68. The number of amides is 2. The van der Waals surface area contributed by atoms with Crippen LogP contribution in [0.2, 0.25) is 0 Å². The van der Waals surface area contributed by atoms with Crippen molar-refractivity contribution < 1.29 is 14.7 Å². The molecule has 1 saturated carbocycles. The van der Waals surface area contributed by atoms with Gasteiger partial charge in [-0.05, 0) is 36.8 Å². The van der Waals surface area contributed by atoms with Crippen LogP contribution in [0.3, 0.4) is 0 Å². The zero-order valence-corrected chi connectivity index (χ0v) is 11.8. The number of urea groups is 1. The first kappa shape index (κ1) is 14.4. The number of benzene rings is 1. The van der Waals surface area contributed by atoms with Crippen molar-refractivity contribution in [2.24, 2.45) is 5.41 Å². The Bertz CT molecular complexity index is 536. The fraction of sp³-hybridized carbons (Fsp3) is 0.467. The van der Waals surface area contributed by atoms with E-state index in [1.807, 2.05) is 0 Å². The molecule has 20 heavy (non-hydrogen) atoms. The lowest BCUT2D eigenvalue weighted by molar-refractivity contribution is 0.0697. The molecule has 5 nitrogen and oxygen atoms in total. The summed E-state index contributed by atoms with van der Waals surface area (Å²) in [6.45, 7) is 4.47. The van der Waals surface area contributed by atoms with Crippen LogP contribution in [0.1, 0.15) is 42.1 Å². The van der Waals surface area contributed by atoms with Crippen molar-refractivity contribution in [1.29, 1.82) is 0 Å². The first-order chi connectivity index (χ1) is 9.41. The van der Waals surface area contributed by atoms with Crippen LogP contribution in [0, 0.1) is 12.3 Å². The first-order valence-electron chi connectivity index (χ1n) is 6.79. The topological polar surface area (TPSA) is 78.4 Å². The molecule has 0 heterocycles. The van der Waals surface area contributed by atoms with E-state index in [9.17, 15) is 14.7 Å². The molecule has 0 unspecified atom stereocenters. The summed E-state index contributed by atoms with van der Waals surface area (Å²) in [5.74, 6) is -1.04. The third-order valence-corrected chi connectivity index (χ3v) is 3.97. The zero-order valence-electron chi connectivity index (χ0n) is 11.8. The first-order valence-corrected chi connectivity index (χ1v) is 6.79. The van der Waals surface area contributed by atoms with Crippen molar-refractivity contribution in [3.63, 3.8) is 0 Å². The van der Waals surface area contributed by atoms with Crippen molar-refractivity contribution in [1.82, 2.24) is 5.32 Å². The van der Waals surface area contributed by atoms with E-state index in [2.05, 4.69) is 17.6 Å². The van der Waals surface area contributed by atoms with E-state index in [1.165, 1.54) is 6.42 Å². The summed E-state index contributed by atoms with van der Waals surface area (Å²) >= 11 is 0. The molecule has 0 bridgehead atoms. The molecule has 1 aromatic carbocycles. The highest BCUT2D eigenvalue weighted by molar-refractivity contribution is 6.01. The molecule has 0 saturated heterocycles. The molecule has 0 atom stereocenters. The number of carbonyl (C=O) groups excluding carboxylic acids is 1. The molecule has 2 amide bonds. The van der Waals surface area contributed by atoms with Crippen molar-refractivity contribution in [3.8, 4) is 0 Å². The second kappa shape index (κ2) is 5.53. The SMILES string of the molecule is Cc1cccc(NC(=O)NCC2(C)CCC2)c1C(=O)O. The minimum atomic E-state index is -1.04. The summed E-state index contributed by atoms with van der Waals surface area (Å²) in [4.78, 5) is 23.1.